The molecule has 146 valence electrons. The van der Waals surface area contributed by atoms with Gasteiger partial charge in [0.2, 0.25) is 0 Å². The molecule has 29 heavy (non-hydrogen) atoms. The molecule has 8 heteroatoms. The van der Waals surface area contributed by atoms with Gasteiger partial charge in [0.1, 0.15) is 17.8 Å². The van der Waals surface area contributed by atoms with Gasteiger partial charge in [-0.15, -0.1) is 10.2 Å². The van der Waals surface area contributed by atoms with E-state index < -0.39 is 0 Å². The fraction of sp³-hybridized carbons (Fsp3) is 0.286. The lowest BCUT2D eigenvalue weighted by Crippen LogP contribution is -2.41. The lowest BCUT2D eigenvalue weighted by molar-refractivity contribution is 0.0670. The Morgan fingerprint density at radius 2 is 1.93 bits per heavy atom. The van der Waals surface area contributed by atoms with Crippen molar-refractivity contribution in [2.45, 2.75) is 32.4 Å². The molecule has 0 fully saturated rings. The van der Waals surface area contributed by atoms with Crippen molar-refractivity contribution >= 4 is 11.6 Å². The minimum atomic E-state index is -0.0759. The topological polar surface area (TPSA) is 81.2 Å². The fourth-order valence-corrected chi connectivity index (χ4v) is 4.01. The molecule has 4 heterocycles. The standard InChI is InChI=1S/C21H21N7O/c1-15-12-26(21(29)17-8-5-9-18-22-14-23-28(17)18)13-20-25-24-19(27(15)20)11-10-16-6-3-2-4-7-16/h2-9,14-15H,10-13H2,1H3/t15-/m0/s1. The number of aromatic nitrogens is 6. The molecule has 3 aromatic heterocycles. The van der Waals surface area contributed by atoms with Crippen molar-refractivity contribution in [3.05, 3.63) is 77.8 Å². The molecule has 0 spiro atoms. The molecule has 8 nitrogen and oxygen atoms in total. The molecule has 1 atom stereocenters. The number of pyridine rings is 1. The van der Waals surface area contributed by atoms with E-state index in [9.17, 15) is 4.79 Å². The quantitative estimate of drug-likeness (QED) is 0.537. The van der Waals surface area contributed by atoms with Crippen LogP contribution in [0.5, 0.6) is 0 Å². The molecule has 0 radical (unpaired) electrons. The predicted molar refractivity (Wildman–Crippen MR) is 106 cm³/mol. The number of amides is 1. The number of rotatable bonds is 4. The molecule has 5 rings (SSSR count). The van der Waals surface area contributed by atoms with E-state index in [1.54, 1.807) is 10.6 Å². The summed E-state index contributed by atoms with van der Waals surface area (Å²) in [5.41, 5.74) is 2.45. The van der Waals surface area contributed by atoms with Crippen LogP contribution in [-0.4, -0.2) is 46.7 Å². The number of carbonyl (C=O) groups is 1. The summed E-state index contributed by atoms with van der Waals surface area (Å²) in [5, 5.41) is 13.0. The third-order valence-electron chi connectivity index (χ3n) is 5.38. The highest BCUT2D eigenvalue weighted by molar-refractivity contribution is 5.93. The normalized spacial score (nSPS) is 16.2. The summed E-state index contributed by atoms with van der Waals surface area (Å²) in [4.78, 5) is 19.1. The number of benzene rings is 1. The number of carbonyl (C=O) groups excluding carboxylic acids is 1. The summed E-state index contributed by atoms with van der Waals surface area (Å²) in [6.45, 7) is 3.15. The Hall–Kier alpha value is -3.55. The van der Waals surface area contributed by atoms with Crippen molar-refractivity contribution in [1.82, 2.24) is 34.3 Å². The zero-order valence-electron chi connectivity index (χ0n) is 16.1. The summed E-state index contributed by atoms with van der Waals surface area (Å²) >= 11 is 0. The molecule has 0 N–H and O–H groups in total. The molecule has 0 saturated heterocycles. The van der Waals surface area contributed by atoms with Gasteiger partial charge in [0.25, 0.3) is 5.91 Å². The molecule has 1 amide bonds. The van der Waals surface area contributed by atoms with Gasteiger partial charge in [0.05, 0.1) is 12.6 Å². The SMILES string of the molecule is C[C@H]1CN(C(=O)c2cccc3ncnn23)Cc2nnc(CCc3ccccc3)n21. The molecule has 0 unspecified atom stereocenters. The second-order valence-electron chi connectivity index (χ2n) is 7.36. The summed E-state index contributed by atoms with van der Waals surface area (Å²) in [7, 11) is 0. The van der Waals surface area contributed by atoms with Crippen LogP contribution in [0.3, 0.4) is 0 Å². The third kappa shape index (κ3) is 3.16. The average molecular weight is 387 g/mol. The molecule has 1 aromatic carbocycles. The van der Waals surface area contributed by atoms with Gasteiger partial charge >= 0.3 is 0 Å². The van der Waals surface area contributed by atoms with E-state index in [1.807, 2.05) is 23.1 Å². The first-order chi connectivity index (χ1) is 14.2. The lowest BCUT2D eigenvalue weighted by atomic mass is 10.1. The summed E-state index contributed by atoms with van der Waals surface area (Å²) < 4.78 is 3.76. The van der Waals surface area contributed by atoms with Gasteiger partial charge in [0, 0.05) is 13.0 Å². The Morgan fingerprint density at radius 1 is 1.07 bits per heavy atom. The highest BCUT2D eigenvalue weighted by Gasteiger charge is 2.30. The first-order valence-corrected chi connectivity index (χ1v) is 9.75. The Balaban J connectivity index is 1.37. The van der Waals surface area contributed by atoms with Crippen LogP contribution in [0.15, 0.2) is 54.9 Å². The van der Waals surface area contributed by atoms with Crippen LogP contribution in [0.25, 0.3) is 5.65 Å². The van der Waals surface area contributed by atoms with E-state index in [2.05, 4.69) is 56.0 Å². The number of hydrogen-bond donors (Lipinski definition) is 0. The first kappa shape index (κ1) is 17.5. The molecule has 4 aromatic rings. The van der Waals surface area contributed by atoms with Crippen LogP contribution in [0.1, 0.15) is 40.7 Å². The number of fused-ring (bicyclic) bond motifs is 2. The highest BCUT2D eigenvalue weighted by Crippen LogP contribution is 2.24. The maximum Gasteiger partial charge on any atom is 0.273 e. The molecular weight excluding hydrogens is 366 g/mol. The van der Waals surface area contributed by atoms with Crippen LogP contribution in [0, 0.1) is 0 Å². The van der Waals surface area contributed by atoms with Crippen molar-refractivity contribution in [3.8, 4) is 0 Å². The summed E-state index contributed by atoms with van der Waals surface area (Å²) in [6.07, 6.45) is 3.21. The highest BCUT2D eigenvalue weighted by atomic mass is 16.2. The number of aryl methyl sites for hydroxylation is 2. The molecular formula is C21H21N7O. The van der Waals surface area contributed by atoms with Gasteiger partial charge in [-0.3, -0.25) is 4.79 Å². The zero-order chi connectivity index (χ0) is 19.8. The maximum absolute atomic E-state index is 13.2. The van der Waals surface area contributed by atoms with Crippen molar-refractivity contribution in [3.63, 3.8) is 0 Å². The van der Waals surface area contributed by atoms with E-state index in [0.29, 0.717) is 24.4 Å². The van der Waals surface area contributed by atoms with Gasteiger partial charge in [-0.2, -0.15) is 5.10 Å². The van der Waals surface area contributed by atoms with Crippen molar-refractivity contribution in [2.75, 3.05) is 6.54 Å². The number of hydrogen-bond acceptors (Lipinski definition) is 5. The van der Waals surface area contributed by atoms with Gasteiger partial charge in [-0.25, -0.2) is 9.50 Å². The smallest absolute Gasteiger partial charge is 0.273 e. The van der Waals surface area contributed by atoms with Gasteiger partial charge < -0.3 is 9.47 Å². The third-order valence-corrected chi connectivity index (χ3v) is 5.38. The zero-order valence-corrected chi connectivity index (χ0v) is 16.1. The minimum absolute atomic E-state index is 0.0759. The molecule has 0 saturated carbocycles. The Kier molecular flexibility index (Phi) is 4.31. The van der Waals surface area contributed by atoms with E-state index >= 15 is 0 Å². The first-order valence-electron chi connectivity index (χ1n) is 9.75. The van der Waals surface area contributed by atoms with Crippen LogP contribution in [-0.2, 0) is 19.4 Å². The second-order valence-corrected chi connectivity index (χ2v) is 7.36. The molecule has 1 aliphatic rings. The Bertz CT molecular complexity index is 1160. The maximum atomic E-state index is 13.2. The predicted octanol–water partition coefficient (Wildman–Crippen LogP) is 2.32. The fourth-order valence-electron chi connectivity index (χ4n) is 4.01. The van der Waals surface area contributed by atoms with E-state index in [4.69, 9.17) is 0 Å². The van der Waals surface area contributed by atoms with Crippen LogP contribution in [0.4, 0.5) is 0 Å². The average Bonchev–Trinajstić information content (AvgIpc) is 3.39. The van der Waals surface area contributed by atoms with Gasteiger partial charge in [-0.1, -0.05) is 36.4 Å². The van der Waals surface area contributed by atoms with E-state index in [1.165, 1.54) is 11.9 Å². The lowest BCUT2D eigenvalue weighted by Gasteiger charge is -2.32. The van der Waals surface area contributed by atoms with Crippen molar-refractivity contribution < 1.29 is 4.79 Å². The van der Waals surface area contributed by atoms with E-state index in [-0.39, 0.29) is 11.9 Å². The van der Waals surface area contributed by atoms with Crippen molar-refractivity contribution in [2.24, 2.45) is 0 Å². The Labute approximate surface area is 167 Å². The summed E-state index contributed by atoms with van der Waals surface area (Å²) in [6, 6.07) is 15.9. The molecule has 1 aliphatic heterocycles. The molecule has 0 bridgehead atoms. The molecule has 0 aliphatic carbocycles. The van der Waals surface area contributed by atoms with Crippen LogP contribution < -0.4 is 0 Å². The Morgan fingerprint density at radius 3 is 2.79 bits per heavy atom. The van der Waals surface area contributed by atoms with Crippen molar-refractivity contribution in [1.29, 1.82) is 0 Å². The van der Waals surface area contributed by atoms with E-state index in [0.717, 1.165) is 24.5 Å². The minimum Gasteiger partial charge on any atom is -0.328 e. The monoisotopic (exact) mass is 387 g/mol. The van der Waals surface area contributed by atoms with Gasteiger partial charge in [-0.05, 0) is 31.0 Å². The number of nitrogens with zero attached hydrogens (tertiary/aromatic N) is 7. The largest absolute Gasteiger partial charge is 0.328 e. The van der Waals surface area contributed by atoms with Crippen LogP contribution in [0.2, 0.25) is 0 Å². The van der Waals surface area contributed by atoms with Gasteiger partial charge in [0.15, 0.2) is 11.5 Å². The van der Waals surface area contributed by atoms with Crippen LogP contribution >= 0.6 is 0 Å². The second kappa shape index (κ2) is 7.12. The summed E-state index contributed by atoms with van der Waals surface area (Å²) in [5.74, 6) is 1.72.